The van der Waals surface area contributed by atoms with Crippen molar-refractivity contribution in [1.82, 2.24) is 15.0 Å². The molecule has 0 aromatic carbocycles. The van der Waals surface area contributed by atoms with Crippen molar-refractivity contribution in [2.24, 2.45) is 5.41 Å². The summed E-state index contributed by atoms with van der Waals surface area (Å²) in [4.78, 5) is 14.4. The minimum atomic E-state index is 0.282. The first kappa shape index (κ1) is 11.5. The zero-order valence-corrected chi connectivity index (χ0v) is 11.3. The van der Waals surface area contributed by atoms with E-state index in [4.69, 9.17) is 0 Å². The van der Waals surface area contributed by atoms with E-state index in [0.717, 1.165) is 23.4 Å². The molecule has 3 heterocycles. The fourth-order valence-corrected chi connectivity index (χ4v) is 3.01. The van der Waals surface area contributed by atoms with Crippen molar-refractivity contribution in [3.8, 4) is 0 Å². The second kappa shape index (κ2) is 3.97. The van der Waals surface area contributed by atoms with Crippen LogP contribution in [0.2, 0.25) is 0 Å². The molecule has 18 heavy (non-hydrogen) atoms. The number of hydrogen-bond donors (Lipinski definition) is 1. The summed E-state index contributed by atoms with van der Waals surface area (Å²) in [6.07, 6.45) is 6.09. The maximum atomic E-state index is 4.52. The van der Waals surface area contributed by atoms with Crippen molar-refractivity contribution >= 4 is 16.9 Å². The zero-order chi connectivity index (χ0) is 12.8. The molecule has 0 radical (unpaired) electrons. The number of nitrogens with zero attached hydrogens (tertiary/aromatic N) is 3. The van der Waals surface area contributed by atoms with Crippen LogP contribution in [-0.2, 0) is 0 Å². The Balaban J connectivity index is 2.06. The standard InChI is InChI=1S/C14H20N4/c1-14(2,3)11-5-4-8-18(11)13-10-6-7-15-12(10)16-9-17-13/h6-7,9,11H,4-5,8H2,1-3H3,(H,15,16,17)/t11-/m1/s1. The van der Waals surface area contributed by atoms with Crippen LogP contribution in [0.4, 0.5) is 5.82 Å². The molecular formula is C14H20N4. The molecule has 0 unspecified atom stereocenters. The Kier molecular flexibility index (Phi) is 2.54. The lowest BCUT2D eigenvalue weighted by Crippen LogP contribution is -2.39. The van der Waals surface area contributed by atoms with Gasteiger partial charge in [-0.1, -0.05) is 20.8 Å². The van der Waals surface area contributed by atoms with E-state index in [1.807, 2.05) is 6.20 Å². The molecule has 1 N–H and O–H groups in total. The van der Waals surface area contributed by atoms with Gasteiger partial charge in [0.05, 0.1) is 5.39 Å². The van der Waals surface area contributed by atoms with Gasteiger partial charge in [0, 0.05) is 18.8 Å². The Morgan fingerprint density at radius 1 is 1.33 bits per heavy atom. The van der Waals surface area contributed by atoms with Gasteiger partial charge in [0.2, 0.25) is 0 Å². The van der Waals surface area contributed by atoms with Crippen LogP contribution >= 0.6 is 0 Å². The number of rotatable bonds is 1. The highest BCUT2D eigenvalue weighted by atomic mass is 15.2. The Bertz CT molecular complexity index is 552. The number of aromatic amines is 1. The molecule has 0 saturated carbocycles. The van der Waals surface area contributed by atoms with Crippen LogP contribution in [-0.4, -0.2) is 27.5 Å². The predicted octanol–water partition coefficient (Wildman–Crippen LogP) is 2.97. The minimum absolute atomic E-state index is 0.282. The lowest BCUT2D eigenvalue weighted by atomic mass is 9.85. The van der Waals surface area contributed by atoms with E-state index in [2.05, 4.69) is 46.7 Å². The summed E-state index contributed by atoms with van der Waals surface area (Å²) in [6.45, 7) is 8.03. The number of nitrogens with one attached hydrogen (secondary N) is 1. The number of hydrogen-bond acceptors (Lipinski definition) is 3. The summed E-state index contributed by atoms with van der Waals surface area (Å²) >= 11 is 0. The molecule has 1 fully saturated rings. The van der Waals surface area contributed by atoms with E-state index in [1.54, 1.807) is 6.33 Å². The first-order chi connectivity index (χ1) is 8.57. The van der Waals surface area contributed by atoms with Crippen molar-refractivity contribution in [2.75, 3.05) is 11.4 Å². The van der Waals surface area contributed by atoms with Gasteiger partial charge in [-0.05, 0) is 24.3 Å². The molecule has 4 heteroatoms. The molecule has 1 aliphatic rings. The van der Waals surface area contributed by atoms with E-state index in [1.165, 1.54) is 12.8 Å². The lowest BCUT2D eigenvalue weighted by molar-refractivity contribution is 0.320. The van der Waals surface area contributed by atoms with Crippen molar-refractivity contribution < 1.29 is 0 Å². The number of aromatic nitrogens is 3. The van der Waals surface area contributed by atoms with Gasteiger partial charge in [0.15, 0.2) is 0 Å². The van der Waals surface area contributed by atoms with E-state index in [-0.39, 0.29) is 5.41 Å². The predicted molar refractivity (Wildman–Crippen MR) is 73.7 cm³/mol. The van der Waals surface area contributed by atoms with E-state index in [9.17, 15) is 0 Å². The second-order valence-corrected chi connectivity index (χ2v) is 6.15. The fourth-order valence-electron chi connectivity index (χ4n) is 3.01. The van der Waals surface area contributed by atoms with E-state index < -0.39 is 0 Å². The third-order valence-corrected chi connectivity index (χ3v) is 3.86. The van der Waals surface area contributed by atoms with Crippen LogP contribution in [0.15, 0.2) is 18.6 Å². The molecule has 2 aromatic heterocycles. The van der Waals surface area contributed by atoms with Gasteiger partial charge in [-0.15, -0.1) is 0 Å². The highest BCUT2D eigenvalue weighted by Gasteiger charge is 2.35. The van der Waals surface area contributed by atoms with Crippen LogP contribution in [0.3, 0.4) is 0 Å². The molecule has 3 rings (SSSR count). The van der Waals surface area contributed by atoms with Crippen molar-refractivity contribution in [3.63, 3.8) is 0 Å². The van der Waals surface area contributed by atoms with Gasteiger partial charge in [-0.25, -0.2) is 9.97 Å². The highest BCUT2D eigenvalue weighted by Crippen LogP contribution is 2.37. The summed E-state index contributed by atoms with van der Waals surface area (Å²) in [5.41, 5.74) is 1.21. The number of H-pyrrole nitrogens is 1. The molecule has 0 bridgehead atoms. The van der Waals surface area contributed by atoms with Gasteiger partial charge >= 0.3 is 0 Å². The molecule has 0 amide bonds. The summed E-state index contributed by atoms with van der Waals surface area (Å²) in [7, 11) is 0. The summed E-state index contributed by atoms with van der Waals surface area (Å²) in [5, 5.41) is 1.13. The second-order valence-electron chi connectivity index (χ2n) is 6.15. The maximum Gasteiger partial charge on any atom is 0.142 e. The molecule has 1 aliphatic heterocycles. The van der Waals surface area contributed by atoms with E-state index in [0.29, 0.717) is 6.04 Å². The lowest BCUT2D eigenvalue weighted by Gasteiger charge is -2.36. The molecule has 0 aliphatic carbocycles. The van der Waals surface area contributed by atoms with Gasteiger partial charge in [-0.3, -0.25) is 0 Å². The van der Waals surface area contributed by atoms with Gasteiger partial charge in [-0.2, -0.15) is 0 Å². The molecule has 96 valence electrons. The molecule has 0 spiro atoms. The van der Waals surface area contributed by atoms with Crippen molar-refractivity contribution in [3.05, 3.63) is 18.6 Å². The molecule has 1 atom stereocenters. The van der Waals surface area contributed by atoms with Crippen LogP contribution in [0.1, 0.15) is 33.6 Å². The quantitative estimate of drug-likeness (QED) is 0.838. The van der Waals surface area contributed by atoms with Crippen molar-refractivity contribution in [1.29, 1.82) is 0 Å². The maximum absolute atomic E-state index is 4.52. The average molecular weight is 244 g/mol. The topological polar surface area (TPSA) is 44.8 Å². The van der Waals surface area contributed by atoms with Crippen LogP contribution in [0.5, 0.6) is 0 Å². The summed E-state index contributed by atoms with van der Waals surface area (Å²) in [6, 6.07) is 2.63. The van der Waals surface area contributed by atoms with Gasteiger partial charge in [0.25, 0.3) is 0 Å². The normalized spacial score (nSPS) is 20.8. The van der Waals surface area contributed by atoms with Crippen LogP contribution in [0.25, 0.3) is 11.0 Å². The zero-order valence-electron chi connectivity index (χ0n) is 11.3. The monoisotopic (exact) mass is 244 g/mol. The summed E-state index contributed by atoms with van der Waals surface area (Å²) < 4.78 is 0. The van der Waals surface area contributed by atoms with Gasteiger partial charge < -0.3 is 9.88 Å². The Morgan fingerprint density at radius 3 is 2.94 bits per heavy atom. The van der Waals surface area contributed by atoms with Gasteiger partial charge in [0.1, 0.15) is 17.8 Å². The largest absolute Gasteiger partial charge is 0.352 e. The first-order valence-electron chi connectivity index (χ1n) is 6.62. The van der Waals surface area contributed by atoms with E-state index >= 15 is 0 Å². The SMILES string of the molecule is CC(C)(C)[C@H]1CCCN1c1ncnc2[nH]ccc12. The average Bonchev–Trinajstić information content (AvgIpc) is 2.96. The number of fused-ring (bicyclic) bond motifs is 1. The van der Waals surface area contributed by atoms with Crippen LogP contribution < -0.4 is 4.90 Å². The van der Waals surface area contributed by atoms with Crippen molar-refractivity contribution in [2.45, 2.75) is 39.7 Å². The Labute approximate surface area is 107 Å². The summed E-state index contributed by atoms with van der Waals surface area (Å²) in [5.74, 6) is 1.08. The van der Waals surface area contributed by atoms with Crippen LogP contribution in [0, 0.1) is 5.41 Å². The smallest absolute Gasteiger partial charge is 0.142 e. The molecule has 2 aromatic rings. The molecule has 1 saturated heterocycles. The first-order valence-corrected chi connectivity index (χ1v) is 6.62. The third kappa shape index (κ3) is 1.76. The molecular weight excluding hydrogens is 224 g/mol. The highest BCUT2D eigenvalue weighted by molar-refractivity contribution is 5.87. The third-order valence-electron chi connectivity index (χ3n) is 3.86. The Hall–Kier alpha value is -1.58. The fraction of sp³-hybridized carbons (Fsp3) is 0.571. The minimum Gasteiger partial charge on any atom is -0.352 e. The molecule has 4 nitrogen and oxygen atoms in total. The Morgan fingerprint density at radius 2 is 2.17 bits per heavy atom. The number of anilines is 1.